The summed E-state index contributed by atoms with van der Waals surface area (Å²) in [5.74, 6) is -0.572. The summed E-state index contributed by atoms with van der Waals surface area (Å²) in [5, 5.41) is 0.333. The zero-order valence-electron chi connectivity index (χ0n) is 18.1. The lowest BCUT2D eigenvalue weighted by molar-refractivity contribution is -0.124. The van der Waals surface area contributed by atoms with Gasteiger partial charge in [0.15, 0.2) is 0 Å². The number of aryl methyl sites for hydroxylation is 1. The van der Waals surface area contributed by atoms with Crippen LogP contribution in [-0.4, -0.2) is 28.7 Å². The van der Waals surface area contributed by atoms with Gasteiger partial charge in [-0.15, -0.1) is 0 Å². The molecule has 172 valence electrons. The van der Waals surface area contributed by atoms with Gasteiger partial charge in [0, 0.05) is 0 Å². The number of ether oxygens (including phenoxy) is 1. The second-order valence-electron chi connectivity index (χ2n) is 7.45. The van der Waals surface area contributed by atoms with E-state index in [1.165, 1.54) is 11.6 Å². The first-order valence-corrected chi connectivity index (χ1v) is 11.8. The Kier molecular flexibility index (Phi) is 7.67. The summed E-state index contributed by atoms with van der Waals surface area (Å²) in [6.07, 6.45) is 3.40. The molecule has 0 radical (unpaired) electrons. The molecule has 6 nitrogen and oxygen atoms in total. The number of benzene rings is 3. The molecule has 1 N–H and O–H groups in total. The molecule has 8 heteroatoms. The van der Waals surface area contributed by atoms with Gasteiger partial charge in [-0.05, 0) is 66.1 Å². The molecule has 4 rings (SSSR count). The van der Waals surface area contributed by atoms with Crippen LogP contribution >= 0.6 is 23.4 Å². The van der Waals surface area contributed by atoms with Gasteiger partial charge in [-0.1, -0.05) is 66.2 Å². The third-order valence-corrected chi connectivity index (χ3v) is 6.20. The van der Waals surface area contributed by atoms with Crippen LogP contribution in [0.25, 0.3) is 6.08 Å². The molecule has 0 aromatic heterocycles. The van der Waals surface area contributed by atoms with Crippen molar-refractivity contribution in [1.82, 2.24) is 10.4 Å². The maximum absolute atomic E-state index is 12.7. The number of amides is 3. The molecule has 0 saturated carbocycles. The molecule has 0 spiro atoms. The number of thioether (sulfide) groups is 1. The molecule has 3 amide bonds. The number of hydrogen-bond donors (Lipinski definition) is 1. The predicted octanol–water partition coefficient (Wildman–Crippen LogP) is 5.73. The van der Waals surface area contributed by atoms with Crippen LogP contribution in [0, 0.1) is 0 Å². The van der Waals surface area contributed by atoms with Gasteiger partial charge in [0.2, 0.25) is 0 Å². The van der Waals surface area contributed by atoms with E-state index in [4.69, 9.17) is 16.3 Å². The van der Waals surface area contributed by atoms with Gasteiger partial charge in [-0.3, -0.25) is 19.8 Å². The van der Waals surface area contributed by atoms with E-state index in [1.54, 1.807) is 30.3 Å². The topological polar surface area (TPSA) is 75.7 Å². The first kappa shape index (κ1) is 23.6. The van der Waals surface area contributed by atoms with Gasteiger partial charge in [0.05, 0.1) is 22.1 Å². The number of carbonyl (C=O) groups is 3. The van der Waals surface area contributed by atoms with Crippen molar-refractivity contribution in [1.29, 1.82) is 0 Å². The molecule has 0 atom stereocenters. The molecular weight excluding hydrogens is 472 g/mol. The molecule has 34 heavy (non-hydrogen) atoms. The number of nitrogens with one attached hydrogen (secondary N) is 1. The highest BCUT2D eigenvalue weighted by Gasteiger charge is 2.37. The second kappa shape index (κ2) is 11.0. The standard InChI is InChI=1S/C26H21ClN2O4S/c27-22-14-5-4-13-21(22)24(30)28-29-25(31)23(34-26(29)32)17-19-10-6-12-20(16-19)33-15-7-11-18-8-2-1-3-9-18/h1-6,8-10,12-14,16-17H,7,11,15H2,(H,28,30)/b23-17-. The van der Waals surface area contributed by atoms with Crippen molar-refractivity contribution in [3.63, 3.8) is 0 Å². The van der Waals surface area contributed by atoms with E-state index in [0.29, 0.717) is 22.9 Å². The van der Waals surface area contributed by atoms with Crippen molar-refractivity contribution in [3.8, 4) is 5.75 Å². The van der Waals surface area contributed by atoms with Gasteiger partial charge < -0.3 is 4.74 Å². The monoisotopic (exact) mass is 492 g/mol. The first-order chi connectivity index (χ1) is 16.5. The van der Waals surface area contributed by atoms with Crippen LogP contribution in [0.5, 0.6) is 5.75 Å². The van der Waals surface area contributed by atoms with E-state index in [2.05, 4.69) is 17.6 Å². The Morgan fingerprint density at radius 2 is 1.76 bits per heavy atom. The van der Waals surface area contributed by atoms with E-state index in [1.807, 2.05) is 36.4 Å². The number of hydrazine groups is 1. The summed E-state index contributed by atoms with van der Waals surface area (Å²) in [4.78, 5) is 37.7. The van der Waals surface area contributed by atoms with Crippen LogP contribution in [0.2, 0.25) is 5.02 Å². The zero-order chi connectivity index (χ0) is 23.9. The minimum absolute atomic E-state index is 0.171. The van der Waals surface area contributed by atoms with Gasteiger partial charge in [-0.2, -0.15) is 5.01 Å². The zero-order valence-corrected chi connectivity index (χ0v) is 19.6. The Bertz CT molecular complexity index is 1250. The van der Waals surface area contributed by atoms with Crippen LogP contribution in [0.3, 0.4) is 0 Å². The van der Waals surface area contributed by atoms with Crippen molar-refractivity contribution in [3.05, 3.63) is 105 Å². The van der Waals surface area contributed by atoms with Crippen LogP contribution in [0.15, 0.2) is 83.8 Å². The molecule has 1 heterocycles. The molecule has 1 aliphatic heterocycles. The van der Waals surface area contributed by atoms with Crippen LogP contribution in [0.4, 0.5) is 4.79 Å². The smallest absolute Gasteiger partial charge is 0.312 e. The molecule has 1 fully saturated rings. The summed E-state index contributed by atoms with van der Waals surface area (Å²) < 4.78 is 5.85. The van der Waals surface area contributed by atoms with Crippen molar-refractivity contribution in [2.45, 2.75) is 12.8 Å². The van der Waals surface area contributed by atoms with Gasteiger partial charge in [0.25, 0.3) is 11.8 Å². The largest absolute Gasteiger partial charge is 0.494 e. The predicted molar refractivity (Wildman–Crippen MR) is 133 cm³/mol. The highest BCUT2D eigenvalue weighted by Crippen LogP contribution is 2.32. The number of nitrogens with zero attached hydrogens (tertiary/aromatic N) is 1. The number of imide groups is 1. The summed E-state index contributed by atoms with van der Waals surface area (Å²) in [5.41, 5.74) is 4.48. The van der Waals surface area contributed by atoms with E-state index in [9.17, 15) is 14.4 Å². The molecule has 3 aromatic carbocycles. The Hall–Kier alpha value is -3.55. The Morgan fingerprint density at radius 3 is 2.56 bits per heavy atom. The lowest BCUT2D eigenvalue weighted by atomic mass is 10.1. The average Bonchev–Trinajstić information content (AvgIpc) is 3.10. The number of halogens is 1. The Balaban J connectivity index is 1.37. The van der Waals surface area contributed by atoms with Crippen LogP contribution < -0.4 is 10.2 Å². The first-order valence-electron chi connectivity index (χ1n) is 10.6. The fourth-order valence-electron chi connectivity index (χ4n) is 3.33. The van der Waals surface area contributed by atoms with Gasteiger partial charge in [0.1, 0.15) is 5.75 Å². The van der Waals surface area contributed by atoms with E-state index >= 15 is 0 Å². The van der Waals surface area contributed by atoms with Crippen LogP contribution in [0.1, 0.15) is 27.9 Å². The lowest BCUT2D eigenvalue weighted by Gasteiger charge is -2.14. The Morgan fingerprint density at radius 1 is 1.00 bits per heavy atom. The summed E-state index contributed by atoms with van der Waals surface area (Å²) >= 11 is 6.78. The van der Waals surface area contributed by atoms with E-state index in [0.717, 1.165) is 24.6 Å². The Labute approximate surface area is 206 Å². The molecular formula is C26H21ClN2O4S. The maximum atomic E-state index is 12.7. The van der Waals surface area contributed by atoms with Crippen molar-refractivity contribution >= 4 is 46.5 Å². The fraction of sp³-hybridized carbons (Fsp3) is 0.115. The molecule has 0 bridgehead atoms. The maximum Gasteiger partial charge on any atom is 0.312 e. The molecule has 1 saturated heterocycles. The van der Waals surface area contributed by atoms with Crippen molar-refractivity contribution < 1.29 is 19.1 Å². The highest BCUT2D eigenvalue weighted by atomic mass is 35.5. The molecule has 0 aliphatic carbocycles. The number of hydrogen-bond acceptors (Lipinski definition) is 5. The summed E-state index contributed by atoms with van der Waals surface area (Å²) in [7, 11) is 0. The van der Waals surface area contributed by atoms with Gasteiger partial charge >= 0.3 is 5.24 Å². The molecule has 0 unspecified atom stereocenters. The van der Waals surface area contributed by atoms with Crippen molar-refractivity contribution in [2.24, 2.45) is 0 Å². The van der Waals surface area contributed by atoms with Crippen LogP contribution in [-0.2, 0) is 11.2 Å². The lowest BCUT2D eigenvalue weighted by Crippen LogP contribution is -2.45. The van der Waals surface area contributed by atoms with Crippen molar-refractivity contribution in [2.75, 3.05) is 6.61 Å². The SMILES string of the molecule is O=C(NN1C(=O)S/C(=C\c2cccc(OCCCc3ccccc3)c2)C1=O)c1ccccc1Cl. The third kappa shape index (κ3) is 5.87. The minimum atomic E-state index is -0.639. The second-order valence-corrected chi connectivity index (χ2v) is 8.85. The molecule has 1 aliphatic rings. The summed E-state index contributed by atoms with van der Waals surface area (Å²) in [6, 6.07) is 23.9. The quantitative estimate of drug-likeness (QED) is 0.321. The number of rotatable bonds is 8. The molecule has 3 aromatic rings. The normalized spacial score (nSPS) is 14.5. The fourth-order valence-corrected chi connectivity index (χ4v) is 4.33. The highest BCUT2D eigenvalue weighted by molar-refractivity contribution is 8.18. The third-order valence-electron chi connectivity index (χ3n) is 5.00. The average molecular weight is 493 g/mol. The van der Waals surface area contributed by atoms with E-state index in [-0.39, 0.29) is 15.5 Å². The van der Waals surface area contributed by atoms with Gasteiger partial charge in [-0.25, -0.2) is 0 Å². The summed E-state index contributed by atoms with van der Waals surface area (Å²) in [6.45, 7) is 0.558. The number of carbonyl (C=O) groups excluding carboxylic acids is 3. The van der Waals surface area contributed by atoms with E-state index < -0.39 is 17.1 Å². The minimum Gasteiger partial charge on any atom is -0.494 e.